The molecular weight excluding hydrogens is 464 g/mol. The van der Waals surface area contributed by atoms with Crippen LogP contribution in [0.5, 0.6) is 0 Å². The van der Waals surface area contributed by atoms with Gasteiger partial charge in [0.15, 0.2) is 0 Å². The van der Waals surface area contributed by atoms with Gasteiger partial charge in [-0.05, 0) is 41.5 Å². The number of nitrogens with zero attached hydrogens (tertiary/aromatic N) is 3. The number of hydrogen-bond donors (Lipinski definition) is 1. The van der Waals surface area contributed by atoms with Gasteiger partial charge in [-0.25, -0.2) is 4.98 Å². The Labute approximate surface area is 219 Å². The van der Waals surface area contributed by atoms with Gasteiger partial charge in [-0.1, -0.05) is 91.0 Å². The number of nitrogens with one attached hydrogen (secondary N) is 1. The molecule has 0 saturated heterocycles. The summed E-state index contributed by atoms with van der Waals surface area (Å²) in [5.41, 5.74) is 7.11. The highest BCUT2D eigenvalue weighted by atomic mass is 15.2. The number of dihydropyridines is 1. The Morgan fingerprint density at radius 3 is 2.03 bits per heavy atom. The number of aromatic nitrogens is 3. The van der Waals surface area contributed by atoms with Gasteiger partial charge in [-0.3, -0.25) is 4.57 Å². The average Bonchev–Trinajstić information content (AvgIpc) is 3.51. The van der Waals surface area contributed by atoms with Crippen LogP contribution in [0.2, 0.25) is 0 Å². The lowest BCUT2D eigenvalue weighted by Crippen LogP contribution is -2.23. The van der Waals surface area contributed by atoms with E-state index in [-0.39, 0.29) is 6.17 Å². The molecule has 0 fully saturated rings. The van der Waals surface area contributed by atoms with Gasteiger partial charge in [-0.2, -0.15) is 0 Å². The Morgan fingerprint density at radius 2 is 1.29 bits per heavy atom. The number of benzene rings is 4. The molecule has 4 aromatic carbocycles. The van der Waals surface area contributed by atoms with Crippen molar-refractivity contribution in [2.24, 2.45) is 0 Å². The van der Waals surface area contributed by atoms with Crippen LogP contribution in [0.3, 0.4) is 0 Å². The largest absolute Gasteiger partial charge is 0.367 e. The lowest BCUT2D eigenvalue weighted by atomic mass is 10.0. The molecule has 0 bridgehead atoms. The van der Waals surface area contributed by atoms with E-state index in [4.69, 9.17) is 4.98 Å². The van der Waals surface area contributed by atoms with Crippen LogP contribution in [0.25, 0.3) is 55.0 Å². The molecule has 1 atom stereocenters. The van der Waals surface area contributed by atoms with Crippen LogP contribution >= 0.6 is 0 Å². The Balaban J connectivity index is 1.46. The zero-order valence-electron chi connectivity index (χ0n) is 20.6. The van der Waals surface area contributed by atoms with E-state index in [9.17, 15) is 0 Å². The summed E-state index contributed by atoms with van der Waals surface area (Å²) in [5, 5.41) is 8.64. The predicted octanol–water partition coefficient (Wildman–Crippen LogP) is 7.99. The quantitative estimate of drug-likeness (QED) is 0.274. The summed E-state index contributed by atoms with van der Waals surface area (Å²) in [5.74, 6) is 0.918. The molecule has 0 aliphatic carbocycles. The fourth-order valence-electron chi connectivity index (χ4n) is 5.99. The lowest BCUT2D eigenvalue weighted by Gasteiger charge is -2.23. The Hall–Kier alpha value is -5.09. The topological polar surface area (TPSA) is 34.8 Å². The third-order valence-electron chi connectivity index (χ3n) is 7.64. The predicted molar refractivity (Wildman–Crippen MR) is 157 cm³/mol. The van der Waals surface area contributed by atoms with Gasteiger partial charge in [0.25, 0.3) is 0 Å². The van der Waals surface area contributed by atoms with E-state index in [1.807, 2.05) is 12.3 Å². The number of hydrogen-bond acceptors (Lipinski definition) is 2. The first-order chi connectivity index (χ1) is 18.9. The van der Waals surface area contributed by atoms with Crippen molar-refractivity contribution >= 4 is 49.2 Å². The zero-order chi connectivity index (χ0) is 25.1. The Morgan fingerprint density at radius 1 is 0.605 bits per heavy atom. The normalized spacial score (nSPS) is 15.4. The third-order valence-corrected chi connectivity index (χ3v) is 7.64. The van der Waals surface area contributed by atoms with Crippen molar-refractivity contribution in [3.05, 3.63) is 139 Å². The maximum absolute atomic E-state index is 4.78. The van der Waals surface area contributed by atoms with Gasteiger partial charge in [-0.15, -0.1) is 0 Å². The summed E-state index contributed by atoms with van der Waals surface area (Å²) in [6.45, 7) is 0. The summed E-state index contributed by atoms with van der Waals surface area (Å²) in [7, 11) is 0. The molecule has 3 aromatic heterocycles. The van der Waals surface area contributed by atoms with Gasteiger partial charge in [0.05, 0.1) is 22.1 Å². The molecule has 0 spiro atoms. The molecule has 180 valence electrons. The molecule has 4 heterocycles. The summed E-state index contributed by atoms with van der Waals surface area (Å²) in [4.78, 5) is 4.78. The molecule has 38 heavy (non-hydrogen) atoms. The van der Waals surface area contributed by atoms with Crippen molar-refractivity contribution in [1.29, 1.82) is 0 Å². The van der Waals surface area contributed by atoms with Crippen LogP contribution in [-0.2, 0) is 0 Å². The molecule has 0 amide bonds. The molecule has 4 heteroatoms. The first kappa shape index (κ1) is 21.0. The molecular formula is C34H24N4. The number of rotatable bonds is 3. The molecule has 0 saturated carbocycles. The first-order valence-corrected chi connectivity index (χ1v) is 12.9. The van der Waals surface area contributed by atoms with Crippen molar-refractivity contribution < 1.29 is 0 Å². The monoisotopic (exact) mass is 488 g/mol. The van der Waals surface area contributed by atoms with Gasteiger partial charge in [0.1, 0.15) is 12.0 Å². The van der Waals surface area contributed by atoms with Crippen LogP contribution in [-0.4, -0.2) is 14.1 Å². The SMILES string of the molecule is C1=CC(n2c3ccccc3c3ccc4c5ccccc5n(-c5ccccn5)c4c32)NC=C1c1ccccc1. The summed E-state index contributed by atoms with van der Waals surface area (Å²) in [6.07, 6.45) is 8.46. The van der Waals surface area contributed by atoms with E-state index in [0.29, 0.717) is 0 Å². The maximum Gasteiger partial charge on any atom is 0.137 e. The van der Waals surface area contributed by atoms with E-state index in [0.717, 1.165) is 11.3 Å². The fraction of sp³-hybridized carbons (Fsp3) is 0.0294. The van der Waals surface area contributed by atoms with Crippen LogP contribution in [0, 0.1) is 0 Å². The van der Waals surface area contributed by atoms with E-state index in [2.05, 4.69) is 136 Å². The summed E-state index contributed by atoms with van der Waals surface area (Å²) < 4.78 is 4.76. The van der Waals surface area contributed by atoms with Crippen LogP contribution < -0.4 is 5.32 Å². The minimum Gasteiger partial charge on any atom is -0.367 e. The second kappa shape index (κ2) is 8.22. The van der Waals surface area contributed by atoms with Gasteiger partial charge in [0.2, 0.25) is 0 Å². The summed E-state index contributed by atoms with van der Waals surface area (Å²) >= 11 is 0. The van der Waals surface area contributed by atoms with Crippen LogP contribution in [0.1, 0.15) is 11.7 Å². The third kappa shape index (κ3) is 3.01. The van der Waals surface area contributed by atoms with E-state index in [1.54, 1.807) is 0 Å². The van der Waals surface area contributed by atoms with Crippen molar-refractivity contribution in [2.75, 3.05) is 0 Å². The first-order valence-electron chi connectivity index (χ1n) is 12.9. The van der Waals surface area contributed by atoms with Crippen molar-refractivity contribution in [1.82, 2.24) is 19.4 Å². The number of pyridine rings is 1. The maximum atomic E-state index is 4.78. The van der Waals surface area contributed by atoms with Crippen molar-refractivity contribution in [2.45, 2.75) is 6.17 Å². The Bertz CT molecular complexity index is 2040. The highest BCUT2D eigenvalue weighted by Gasteiger charge is 2.23. The summed E-state index contributed by atoms with van der Waals surface area (Å²) in [6, 6.07) is 38.5. The van der Waals surface area contributed by atoms with Crippen LogP contribution in [0.4, 0.5) is 0 Å². The minimum absolute atomic E-state index is 0.0364. The van der Waals surface area contributed by atoms with Crippen molar-refractivity contribution in [3.63, 3.8) is 0 Å². The number of allylic oxidation sites excluding steroid dienone is 2. The van der Waals surface area contributed by atoms with Gasteiger partial charge in [0, 0.05) is 33.9 Å². The standard InChI is InChI=1S/C34H24N4/c1-2-10-23(11-3-1)24-17-20-32(36-22-24)38-30-15-7-5-13-26(30)28-19-18-27-25-12-4-6-14-29(25)37(33(27)34(28)38)31-16-8-9-21-35-31/h1-22,32,36H. The van der Waals surface area contributed by atoms with Crippen molar-refractivity contribution in [3.8, 4) is 5.82 Å². The molecule has 1 N–H and O–H groups in total. The lowest BCUT2D eigenvalue weighted by molar-refractivity contribution is 0.580. The number of para-hydroxylation sites is 2. The molecule has 7 aromatic rings. The minimum atomic E-state index is -0.0364. The average molecular weight is 489 g/mol. The van der Waals surface area contributed by atoms with E-state index >= 15 is 0 Å². The highest BCUT2D eigenvalue weighted by molar-refractivity contribution is 6.23. The zero-order valence-corrected chi connectivity index (χ0v) is 20.6. The smallest absolute Gasteiger partial charge is 0.137 e. The second-order valence-electron chi connectivity index (χ2n) is 9.72. The van der Waals surface area contributed by atoms with Gasteiger partial charge < -0.3 is 9.88 Å². The van der Waals surface area contributed by atoms with Crippen LogP contribution in [0.15, 0.2) is 134 Å². The van der Waals surface area contributed by atoms with E-state index < -0.39 is 0 Å². The second-order valence-corrected chi connectivity index (χ2v) is 9.72. The van der Waals surface area contributed by atoms with Gasteiger partial charge >= 0.3 is 0 Å². The molecule has 0 radical (unpaired) electrons. The molecule has 1 aliphatic heterocycles. The fourth-order valence-corrected chi connectivity index (χ4v) is 5.99. The molecule has 8 rings (SSSR count). The van der Waals surface area contributed by atoms with E-state index in [1.165, 1.54) is 49.2 Å². The Kier molecular flexibility index (Phi) is 4.55. The number of fused-ring (bicyclic) bond motifs is 7. The molecule has 4 nitrogen and oxygen atoms in total. The molecule has 1 unspecified atom stereocenters. The molecule has 1 aliphatic rings. The highest BCUT2D eigenvalue weighted by Crippen LogP contribution is 2.41.